The number of rotatable bonds is 5. The normalized spacial score (nSPS) is 10.2. The van der Waals surface area contributed by atoms with Crippen LogP contribution in [0.15, 0.2) is 72.8 Å². The number of halogens is 1. The number of ether oxygens (including phenoxy) is 1. The first kappa shape index (κ1) is 16.9. The van der Waals surface area contributed by atoms with Gasteiger partial charge in [0.05, 0.1) is 29.1 Å². The summed E-state index contributed by atoms with van der Waals surface area (Å²) < 4.78 is 5.16. The molecule has 0 saturated heterocycles. The zero-order chi connectivity index (χ0) is 17.6. The molecule has 0 spiro atoms. The molecule has 0 bridgehead atoms. The van der Waals surface area contributed by atoms with Crippen molar-refractivity contribution >= 4 is 34.6 Å². The lowest BCUT2D eigenvalue weighted by Crippen LogP contribution is -2.13. The fourth-order valence-electron chi connectivity index (χ4n) is 2.37. The van der Waals surface area contributed by atoms with Crippen molar-refractivity contribution < 1.29 is 9.53 Å². The molecule has 0 saturated carbocycles. The number of methoxy groups -OCH3 is 1. The highest BCUT2D eigenvalue weighted by molar-refractivity contribution is 6.34. The molecule has 3 aromatic carbocycles. The predicted octanol–water partition coefficient (Wildman–Crippen LogP) is 5.34. The van der Waals surface area contributed by atoms with Gasteiger partial charge in [0.15, 0.2) is 0 Å². The van der Waals surface area contributed by atoms with Crippen LogP contribution < -0.4 is 15.4 Å². The van der Waals surface area contributed by atoms with Crippen molar-refractivity contribution in [1.29, 1.82) is 0 Å². The average Bonchev–Trinajstić information content (AvgIpc) is 2.64. The minimum atomic E-state index is -0.255. The van der Waals surface area contributed by atoms with Crippen molar-refractivity contribution in [2.75, 3.05) is 17.7 Å². The highest BCUT2D eigenvalue weighted by Gasteiger charge is 2.12. The minimum absolute atomic E-state index is 0.255. The van der Waals surface area contributed by atoms with Gasteiger partial charge in [-0.1, -0.05) is 35.9 Å². The van der Waals surface area contributed by atoms with E-state index in [1.54, 1.807) is 31.4 Å². The maximum absolute atomic E-state index is 12.5. The van der Waals surface area contributed by atoms with E-state index in [1.165, 1.54) is 0 Å². The Hall–Kier alpha value is -2.98. The van der Waals surface area contributed by atoms with Crippen LogP contribution in [-0.2, 0) is 0 Å². The number of hydrogen-bond donors (Lipinski definition) is 2. The molecule has 0 aromatic heterocycles. The molecule has 0 fully saturated rings. The first-order valence-electron chi connectivity index (χ1n) is 7.73. The Morgan fingerprint density at radius 2 is 1.52 bits per heavy atom. The highest BCUT2D eigenvalue weighted by atomic mass is 35.5. The second kappa shape index (κ2) is 7.73. The molecule has 4 nitrogen and oxygen atoms in total. The van der Waals surface area contributed by atoms with Gasteiger partial charge >= 0.3 is 0 Å². The molecular formula is C20H17ClN2O2. The topological polar surface area (TPSA) is 50.4 Å². The van der Waals surface area contributed by atoms with Gasteiger partial charge in [-0.05, 0) is 48.5 Å². The van der Waals surface area contributed by atoms with Crippen LogP contribution in [0.25, 0.3) is 0 Å². The molecular weight excluding hydrogens is 336 g/mol. The third-order valence-corrected chi connectivity index (χ3v) is 3.99. The van der Waals surface area contributed by atoms with Gasteiger partial charge in [-0.3, -0.25) is 4.79 Å². The second-order valence-corrected chi connectivity index (χ2v) is 5.74. The quantitative estimate of drug-likeness (QED) is 0.651. The molecule has 0 atom stereocenters. The van der Waals surface area contributed by atoms with Gasteiger partial charge in [0.2, 0.25) is 0 Å². The minimum Gasteiger partial charge on any atom is -0.497 e. The zero-order valence-electron chi connectivity index (χ0n) is 13.6. The van der Waals surface area contributed by atoms with Gasteiger partial charge < -0.3 is 15.4 Å². The number of carbonyl (C=O) groups is 1. The van der Waals surface area contributed by atoms with Gasteiger partial charge in [0, 0.05) is 5.69 Å². The number of nitrogens with one attached hydrogen (secondary N) is 2. The maximum atomic E-state index is 12.5. The van der Waals surface area contributed by atoms with E-state index in [4.69, 9.17) is 16.3 Å². The van der Waals surface area contributed by atoms with Crippen LogP contribution in [0.3, 0.4) is 0 Å². The lowest BCUT2D eigenvalue weighted by atomic mass is 10.2. The lowest BCUT2D eigenvalue weighted by Gasteiger charge is -2.14. The smallest absolute Gasteiger partial charge is 0.257 e. The second-order valence-electron chi connectivity index (χ2n) is 5.33. The molecule has 126 valence electrons. The molecule has 0 unspecified atom stereocenters. The molecule has 3 rings (SSSR count). The number of amides is 1. The molecule has 0 heterocycles. The van der Waals surface area contributed by atoms with E-state index in [0.717, 1.165) is 17.1 Å². The molecule has 3 aromatic rings. The summed E-state index contributed by atoms with van der Waals surface area (Å²) in [5.74, 6) is 0.528. The summed E-state index contributed by atoms with van der Waals surface area (Å²) in [6.07, 6.45) is 0. The zero-order valence-corrected chi connectivity index (χ0v) is 14.4. The average molecular weight is 353 g/mol. The van der Waals surface area contributed by atoms with Crippen molar-refractivity contribution in [3.8, 4) is 5.75 Å². The molecule has 2 N–H and O–H groups in total. The summed E-state index contributed by atoms with van der Waals surface area (Å²) in [6.45, 7) is 0. The number of para-hydroxylation sites is 2. The standard InChI is InChI=1S/C20H17ClN2O2/c1-25-15-12-10-14(11-13-15)22-18-8-4-5-9-19(18)23-20(24)16-6-2-3-7-17(16)21/h2-13,22H,1H3,(H,23,24). The third kappa shape index (κ3) is 4.11. The number of benzene rings is 3. The van der Waals surface area contributed by atoms with Crippen molar-refractivity contribution in [1.82, 2.24) is 0 Å². The Labute approximate surface area is 151 Å². The Balaban J connectivity index is 1.81. The van der Waals surface area contributed by atoms with Gasteiger partial charge in [0.1, 0.15) is 5.75 Å². The number of carbonyl (C=O) groups excluding carboxylic acids is 1. The Bertz CT molecular complexity index is 879. The monoisotopic (exact) mass is 352 g/mol. The van der Waals surface area contributed by atoms with Crippen molar-refractivity contribution in [3.63, 3.8) is 0 Å². The Morgan fingerprint density at radius 1 is 0.880 bits per heavy atom. The Morgan fingerprint density at radius 3 is 2.20 bits per heavy atom. The van der Waals surface area contributed by atoms with E-state index >= 15 is 0 Å². The van der Waals surface area contributed by atoms with E-state index in [0.29, 0.717) is 16.3 Å². The fourth-order valence-corrected chi connectivity index (χ4v) is 2.59. The SMILES string of the molecule is COc1ccc(Nc2ccccc2NC(=O)c2ccccc2Cl)cc1. The summed E-state index contributed by atoms with van der Waals surface area (Å²) >= 11 is 6.10. The van der Waals surface area contributed by atoms with E-state index < -0.39 is 0 Å². The third-order valence-electron chi connectivity index (χ3n) is 3.66. The van der Waals surface area contributed by atoms with Crippen LogP contribution in [0, 0.1) is 0 Å². The van der Waals surface area contributed by atoms with Crippen molar-refractivity contribution in [3.05, 3.63) is 83.4 Å². The molecule has 25 heavy (non-hydrogen) atoms. The van der Waals surface area contributed by atoms with Crippen LogP contribution in [0.1, 0.15) is 10.4 Å². The molecule has 1 amide bonds. The van der Waals surface area contributed by atoms with Crippen LogP contribution >= 0.6 is 11.6 Å². The van der Waals surface area contributed by atoms with E-state index in [2.05, 4.69) is 10.6 Å². The van der Waals surface area contributed by atoms with E-state index in [9.17, 15) is 4.79 Å². The molecule has 0 radical (unpaired) electrons. The lowest BCUT2D eigenvalue weighted by molar-refractivity contribution is 0.102. The number of hydrogen-bond acceptors (Lipinski definition) is 3. The van der Waals surface area contributed by atoms with Crippen LogP contribution in [-0.4, -0.2) is 13.0 Å². The summed E-state index contributed by atoms with van der Waals surface area (Å²) in [5, 5.41) is 6.61. The summed E-state index contributed by atoms with van der Waals surface area (Å²) in [7, 11) is 1.63. The maximum Gasteiger partial charge on any atom is 0.257 e. The highest BCUT2D eigenvalue weighted by Crippen LogP contribution is 2.27. The van der Waals surface area contributed by atoms with Gasteiger partial charge in [-0.2, -0.15) is 0 Å². The van der Waals surface area contributed by atoms with Crippen molar-refractivity contribution in [2.24, 2.45) is 0 Å². The number of anilines is 3. The molecule has 0 aliphatic rings. The van der Waals surface area contributed by atoms with Gasteiger partial charge in [-0.25, -0.2) is 0 Å². The van der Waals surface area contributed by atoms with Crippen LogP contribution in [0.4, 0.5) is 17.1 Å². The fraction of sp³-hybridized carbons (Fsp3) is 0.0500. The summed E-state index contributed by atoms with van der Waals surface area (Å²) in [6, 6.07) is 22.0. The molecule has 5 heteroatoms. The van der Waals surface area contributed by atoms with E-state index in [1.807, 2.05) is 48.5 Å². The van der Waals surface area contributed by atoms with Gasteiger partial charge in [0.25, 0.3) is 5.91 Å². The van der Waals surface area contributed by atoms with E-state index in [-0.39, 0.29) is 5.91 Å². The summed E-state index contributed by atoms with van der Waals surface area (Å²) in [4.78, 5) is 12.5. The largest absolute Gasteiger partial charge is 0.497 e. The first-order chi connectivity index (χ1) is 12.2. The van der Waals surface area contributed by atoms with Gasteiger partial charge in [-0.15, -0.1) is 0 Å². The summed E-state index contributed by atoms with van der Waals surface area (Å²) in [5.41, 5.74) is 2.78. The first-order valence-corrected chi connectivity index (χ1v) is 8.11. The Kier molecular flexibility index (Phi) is 5.21. The van der Waals surface area contributed by atoms with Crippen molar-refractivity contribution in [2.45, 2.75) is 0 Å². The van der Waals surface area contributed by atoms with Crippen LogP contribution in [0.2, 0.25) is 5.02 Å². The molecule has 0 aliphatic carbocycles. The molecule has 0 aliphatic heterocycles. The van der Waals surface area contributed by atoms with Crippen LogP contribution in [0.5, 0.6) is 5.75 Å². The predicted molar refractivity (Wildman–Crippen MR) is 102 cm³/mol.